The first-order valence-corrected chi connectivity index (χ1v) is 8.97. The lowest BCUT2D eigenvalue weighted by atomic mass is 10.0. The number of aryl methyl sites for hydroxylation is 5. The van der Waals surface area contributed by atoms with E-state index in [1.165, 1.54) is 0 Å². The number of nitrogens with zero attached hydrogens (tertiary/aromatic N) is 3. The van der Waals surface area contributed by atoms with Gasteiger partial charge in [-0.1, -0.05) is 5.16 Å². The highest BCUT2D eigenvalue weighted by atomic mass is 16.5. The Kier molecular flexibility index (Phi) is 4.91. The zero-order chi connectivity index (χ0) is 19.9. The molecule has 1 atom stereocenters. The Morgan fingerprint density at radius 1 is 1.26 bits per heavy atom. The maximum atomic E-state index is 12.5. The lowest BCUT2D eigenvalue weighted by Gasteiger charge is -2.14. The molecule has 0 radical (unpaired) electrons. The van der Waals surface area contributed by atoms with Crippen molar-refractivity contribution >= 4 is 16.9 Å². The molecule has 0 aliphatic rings. The van der Waals surface area contributed by atoms with Gasteiger partial charge in [0.05, 0.1) is 17.4 Å². The maximum Gasteiger partial charge on any atom is 0.253 e. The SMILES string of the molecule is Cc1noc(C)c1[C@@H](C)NC(=O)CCc1c(C)c2c(C)nn(C)c2[nH]c1=O. The second-order valence-electron chi connectivity index (χ2n) is 7.02. The van der Waals surface area contributed by atoms with Gasteiger partial charge in [-0.05, 0) is 46.6 Å². The largest absolute Gasteiger partial charge is 0.361 e. The van der Waals surface area contributed by atoms with Crippen molar-refractivity contribution in [3.8, 4) is 0 Å². The van der Waals surface area contributed by atoms with E-state index in [4.69, 9.17) is 4.52 Å². The van der Waals surface area contributed by atoms with E-state index < -0.39 is 0 Å². The molecule has 0 saturated heterocycles. The number of hydrogen-bond donors (Lipinski definition) is 2. The van der Waals surface area contributed by atoms with E-state index in [9.17, 15) is 9.59 Å². The lowest BCUT2D eigenvalue weighted by Crippen LogP contribution is -2.28. The fourth-order valence-corrected chi connectivity index (χ4v) is 3.79. The van der Waals surface area contributed by atoms with E-state index in [1.54, 1.807) is 11.7 Å². The predicted molar refractivity (Wildman–Crippen MR) is 102 cm³/mol. The number of amides is 1. The highest BCUT2D eigenvalue weighted by Crippen LogP contribution is 2.22. The van der Waals surface area contributed by atoms with E-state index in [1.807, 2.05) is 34.6 Å². The third-order valence-corrected chi connectivity index (χ3v) is 5.06. The van der Waals surface area contributed by atoms with E-state index in [0.717, 1.165) is 27.9 Å². The molecule has 0 aliphatic heterocycles. The third kappa shape index (κ3) is 3.39. The van der Waals surface area contributed by atoms with Gasteiger partial charge in [-0.15, -0.1) is 0 Å². The van der Waals surface area contributed by atoms with E-state index >= 15 is 0 Å². The zero-order valence-electron chi connectivity index (χ0n) is 16.6. The number of nitrogens with one attached hydrogen (secondary N) is 2. The van der Waals surface area contributed by atoms with Gasteiger partial charge < -0.3 is 14.8 Å². The van der Waals surface area contributed by atoms with Crippen LogP contribution in [0, 0.1) is 27.7 Å². The molecule has 8 nitrogen and oxygen atoms in total. The number of aromatic amines is 1. The molecule has 0 aliphatic carbocycles. The van der Waals surface area contributed by atoms with Crippen LogP contribution in [0.3, 0.4) is 0 Å². The first kappa shape index (κ1) is 18.9. The summed E-state index contributed by atoms with van der Waals surface area (Å²) in [6.07, 6.45) is 0.591. The number of aromatic nitrogens is 4. The van der Waals surface area contributed by atoms with Gasteiger partial charge >= 0.3 is 0 Å². The molecule has 1 amide bonds. The van der Waals surface area contributed by atoms with Gasteiger partial charge in [0.1, 0.15) is 11.4 Å². The molecular formula is C19H25N5O3. The van der Waals surface area contributed by atoms with Gasteiger partial charge in [-0.3, -0.25) is 14.3 Å². The van der Waals surface area contributed by atoms with E-state index in [-0.39, 0.29) is 23.9 Å². The number of carbonyl (C=O) groups is 1. The molecule has 2 N–H and O–H groups in total. The second-order valence-corrected chi connectivity index (χ2v) is 7.02. The monoisotopic (exact) mass is 371 g/mol. The van der Waals surface area contributed by atoms with Crippen LogP contribution < -0.4 is 10.9 Å². The molecule has 0 saturated carbocycles. The van der Waals surface area contributed by atoms with Crippen LogP contribution in [0.2, 0.25) is 0 Å². The van der Waals surface area contributed by atoms with Crippen molar-refractivity contribution in [3.63, 3.8) is 0 Å². The summed E-state index contributed by atoms with van der Waals surface area (Å²) in [4.78, 5) is 27.8. The quantitative estimate of drug-likeness (QED) is 0.716. The molecule has 27 heavy (non-hydrogen) atoms. The normalized spacial score (nSPS) is 12.5. The van der Waals surface area contributed by atoms with Crippen molar-refractivity contribution in [2.45, 2.75) is 53.5 Å². The Balaban J connectivity index is 1.76. The van der Waals surface area contributed by atoms with Crippen LogP contribution in [0.4, 0.5) is 0 Å². The Morgan fingerprint density at radius 3 is 2.59 bits per heavy atom. The number of carbonyl (C=O) groups excluding carboxylic acids is 1. The minimum absolute atomic E-state index is 0.121. The highest BCUT2D eigenvalue weighted by molar-refractivity contribution is 5.83. The molecule has 8 heteroatoms. The fraction of sp³-hybridized carbons (Fsp3) is 0.474. The Labute approximate surface area is 156 Å². The van der Waals surface area contributed by atoms with Crippen molar-refractivity contribution in [3.05, 3.63) is 44.2 Å². The smallest absolute Gasteiger partial charge is 0.253 e. The number of pyridine rings is 1. The molecule has 144 valence electrons. The minimum Gasteiger partial charge on any atom is -0.361 e. The van der Waals surface area contributed by atoms with Gasteiger partial charge in [0.2, 0.25) is 5.91 Å². The summed E-state index contributed by atoms with van der Waals surface area (Å²) in [6.45, 7) is 9.39. The van der Waals surface area contributed by atoms with E-state index in [2.05, 4.69) is 20.6 Å². The molecule has 0 bridgehead atoms. The summed E-state index contributed by atoms with van der Waals surface area (Å²) in [7, 11) is 1.80. The zero-order valence-corrected chi connectivity index (χ0v) is 16.6. The maximum absolute atomic E-state index is 12.5. The van der Waals surface area contributed by atoms with Gasteiger partial charge in [0.15, 0.2) is 0 Å². The molecule has 0 spiro atoms. The molecular weight excluding hydrogens is 346 g/mol. The summed E-state index contributed by atoms with van der Waals surface area (Å²) in [5.41, 5.74) is 4.56. The van der Waals surface area contributed by atoms with Crippen LogP contribution in [0.1, 0.15) is 53.2 Å². The Bertz CT molecular complexity index is 1050. The molecule has 3 aromatic heterocycles. The first-order valence-electron chi connectivity index (χ1n) is 8.97. The van der Waals surface area contributed by atoms with Crippen LogP contribution in [0.5, 0.6) is 0 Å². The Hall–Kier alpha value is -2.90. The minimum atomic E-state index is -0.203. The van der Waals surface area contributed by atoms with Crippen LogP contribution >= 0.6 is 0 Å². The number of fused-ring (bicyclic) bond motifs is 1. The summed E-state index contributed by atoms with van der Waals surface area (Å²) in [6, 6.07) is -0.203. The van der Waals surface area contributed by atoms with Crippen LogP contribution in [-0.2, 0) is 18.3 Å². The first-order chi connectivity index (χ1) is 12.7. The van der Waals surface area contributed by atoms with Gasteiger partial charge in [-0.25, -0.2) is 0 Å². The molecule has 3 aromatic rings. The van der Waals surface area contributed by atoms with E-state index in [0.29, 0.717) is 23.4 Å². The molecule has 0 unspecified atom stereocenters. The summed E-state index contributed by atoms with van der Waals surface area (Å²) in [5.74, 6) is 0.578. The third-order valence-electron chi connectivity index (χ3n) is 5.06. The summed E-state index contributed by atoms with van der Waals surface area (Å²) >= 11 is 0. The highest BCUT2D eigenvalue weighted by Gasteiger charge is 2.19. The predicted octanol–water partition coefficient (Wildman–Crippen LogP) is 2.29. The van der Waals surface area contributed by atoms with Crippen molar-refractivity contribution in [2.75, 3.05) is 0 Å². The van der Waals surface area contributed by atoms with Crippen molar-refractivity contribution in [1.82, 2.24) is 25.2 Å². The van der Waals surface area contributed by atoms with Crippen molar-refractivity contribution in [1.29, 1.82) is 0 Å². The topological polar surface area (TPSA) is 106 Å². The number of rotatable bonds is 5. The van der Waals surface area contributed by atoms with Gasteiger partial charge in [0, 0.05) is 30.0 Å². The van der Waals surface area contributed by atoms with Gasteiger partial charge in [0.25, 0.3) is 5.56 Å². The average Bonchev–Trinajstić information content (AvgIpc) is 3.06. The molecule has 0 aromatic carbocycles. The standard InChI is InChI=1S/C19H25N5O3/c1-9-14(19(26)21-18-16(9)11(3)22-24(18)6)7-8-15(25)20-10(2)17-12(4)23-27-13(17)5/h10H,7-8H2,1-6H3,(H,20,25)(H,21,26)/t10-/m1/s1. The number of H-pyrrole nitrogens is 1. The molecule has 3 heterocycles. The van der Waals surface area contributed by atoms with Crippen LogP contribution in [-0.4, -0.2) is 25.8 Å². The lowest BCUT2D eigenvalue weighted by molar-refractivity contribution is -0.121. The summed E-state index contributed by atoms with van der Waals surface area (Å²) in [5, 5.41) is 12.2. The summed E-state index contributed by atoms with van der Waals surface area (Å²) < 4.78 is 6.83. The van der Waals surface area contributed by atoms with Crippen LogP contribution in [0.25, 0.3) is 11.0 Å². The van der Waals surface area contributed by atoms with Crippen molar-refractivity contribution < 1.29 is 9.32 Å². The molecule has 3 rings (SSSR count). The van der Waals surface area contributed by atoms with Crippen molar-refractivity contribution in [2.24, 2.45) is 7.05 Å². The Morgan fingerprint density at radius 2 is 1.96 bits per heavy atom. The fourth-order valence-electron chi connectivity index (χ4n) is 3.79. The molecule has 0 fully saturated rings. The van der Waals surface area contributed by atoms with Crippen LogP contribution in [0.15, 0.2) is 9.32 Å². The number of hydrogen-bond acceptors (Lipinski definition) is 5. The second kappa shape index (κ2) is 7.02. The van der Waals surface area contributed by atoms with Gasteiger partial charge in [-0.2, -0.15) is 5.10 Å². The average molecular weight is 371 g/mol.